The van der Waals surface area contributed by atoms with Crippen molar-refractivity contribution in [1.29, 1.82) is 0 Å². The molecule has 102 valence electrons. The third-order valence-corrected chi connectivity index (χ3v) is 2.83. The molecule has 19 heavy (non-hydrogen) atoms. The van der Waals surface area contributed by atoms with Gasteiger partial charge in [-0.3, -0.25) is 0 Å². The van der Waals surface area contributed by atoms with Gasteiger partial charge in [-0.25, -0.2) is 4.79 Å². The Kier molecular flexibility index (Phi) is 4.68. The highest BCUT2D eigenvalue weighted by Crippen LogP contribution is 2.19. The molecule has 1 aliphatic heterocycles. The van der Waals surface area contributed by atoms with Gasteiger partial charge in [0, 0.05) is 11.6 Å². The highest BCUT2D eigenvalue weighted by atomic mass is 16.6. The lowest BCUT2D eigenvalue weighted by Crippen LogP contribution is -2.32. The minimum Gasteiger partial charge on any atom is -0.452 e. The molecule has 1 heterocycles. The molecule has 0 bridgehead atoms. The summed E-state index contributed by atoms with van der Waals surface area (Å²) in [5.41, 5.74) is 1.56. The average Bonchev–Trinajstić information content (AvgIpc) is 2.80. The average molecular weight is 264 g/mol. The number of hydrogen-bond donors (Lipinski definition) is 2. The van der Waals surface area contributed by atoms with Gasteiger partial charge in [-0.05, 0) is 5.56 Å². The van der Waals surface area contributed by atoms with Gasteiger partial charge in [-0.15, -0.1) is 0 Å². The summed E-state index contributed by atoms with van der Waals surface area (Å²) < 4.78 is 10.4. The number of esters is 1. The largest absolute Gasteiger partial charge is 0.452 e. The molecule has 0 spiro atoms. The minimum absolute atomic E-state index is 0.183. The van der Waals surface area contributed by atoms with E-state index in [1.807, 2.05) is 30.3 Å². The quantitative estimate of drug-likeness (QED) is 0.728. The SMILES string of the molecule is O=C1C=C(COCc2ccccc2)[C@H]([C@H](O)CO)O1. The Morgan fingerprint density at radius 2 is 2.00 bits per heavy atom. The lowest BCUT2D eigenvalue weighted by molar-refractivity contribution is -0.144. The van der Waals surface area contributed by atoms with Gasteiger partial charge in [-0.1, -0.05) is 30.3 Å². The molecular formula is C14H16O5. The van der Waals surface area contributed by atoms with Crippen LogP contribution in [0.25, 0.3) is 0 Å². The van der Waals surface area contributed by atoms with E-state index < -0.39 is 24.8 Å². The van der Waals surface area contributed by atoms with E-state index in [0.717, 1.165) is 5.56 Å². The Morgan fingerprint density at radius 1 is 1.26 bits per heavy atom. The Labute approximate surface area is 111 Å². The van der Waals surface area contributed by atoms with Crippen molar-refractivity contribution in [3.8, 4) is 0 Å². The van der Waals surface area contributed by atoms with Crippen LogP contribution in [0, 0.1) is 0 Å². The highest BCUT2D eigenvalue weighted by Gasteiger charge is 2.32. The van der Waals surface area contributed by atoms with E-state index in [9.17, 15) is 9.90 Å². The molecule has 0 saturated heterocycles. The maximum Gasteiger partial charge on any atom is 0.331 e. The fraction of sp³-hybridized carbons (Fsp3) is 0.357. The Bertz CT molecular complexity index is 454. The van der Waals surface area contributed by atoms with Gasteiger partial charge in [-0.2, -0.15) is 0 Å². The summed E-state index contributed by atoms with van der Waals surface area (Å²) in [4.78, 5) is 11.2. The van der Waals surface area contributed by atoms with Crippen LogP contribution in [0.2, 0.25) is 0 Å². The number of aliphatic hydroxyl groups is 2. The first-order valence-electron chi connectivity index (χ1n) is 6.02. The lowest BCUT2D eigenvalue weighted by Gasteiger charge is -2.18. The van der Waals surface area contributed by atoms with E-state index in [-0.39, 0.29) is 6.61 Å². The third kappa shape index (κ3) is 3.64. The van der Waals surface area contributed by atoms with Gasteiger partial charge in [0.15, 0.2) is 6.10 Å². The summed E-state index contributed by atoms with van der Waals surface area (Å²) in [5, 5.41) is 18.4. The summed E-state index contributed by atoms with van der Waals surface area (Å²) in [6.07, 6.45) is -0.625. The smallest absolute Gasteiger partial charge is 0.331 e. The Balaban J connectivity index is 1.87. The van der Waals surface area contributed by atoms with Crippen LogP contribution in [-0.2, 0) is 20.9 Å². The summed E-state index contributed by atoms with van der Waals surface area (Å²) in [6, 6.07) is 9.62. The van der Waals surface area contributed by atoms with Crippen LogP contribution in [0.15, 0.2) is 42.0 Å². The molecular weight excluding hydrogens is 248 g/mol. The summed E-state index contributed by atoms with van der Waals surface area (Å²) in [7, 11) is 0. The second kappa shape index (κ2) is 6.47. The van der Waals surface area contributed by atoms with E-state index in [1.54, 1.807) is 0 Å². The van der Waals surface area contributed by atoms with Crippen LogP contribution < -0.4 is 0 Å². The van der Waals surface area contributed by atoms with Crippen molar-refractivity contribution < 1.29 is 24.5 Å². The van der Waals surface area contributed by atoms with E-state index >= 15 is 0 Å². The molecule has 1 aromatic carbocycles. The zero-order valence-corrected chi connectivity index (χ0v) is 10.4. The molecule has 1 aliphatic rings. The van der Waals surface area contributed by atoms with Gasteiger partial charge < -0.3 is 19.7 Å². The van der Waals surface area contributed by atoms with Gasteiger partial charge in [0.25, 0.3) is 0 Å². The summed E-state index contributed by atoms with van der Waals surface area (Å²) in [5.74, 6) is -0.518. The van der Waals surface area contributed by atoms with Crippen LogP contribution in [0.4, 0.5) is 0 Å². The van der Waals surface area contributed by atoms with Gasteiger partial charge in [0.05, 0.1) is 19.8 Å². The predicted molar refractivity (Wildman–Crippen MR) is 67.2 cm³/mol. The number of hydrogen-bond acceptors (Lipinski definition) is 5. The maximum atomic E-state index is 11.2. The zero-order chi connectivity index (χ0) is 13.7. The maximum absolute atomic E-state index is 11.2. The van der Waals surface area contributed by atoms with E-state index in [0.29, 0.717) is 12.2 Å². The van der Waals surface area contributed by atoms with Crippen molar-refractivity contribution in [2.24, 2.45) is 0 Å². The van der Waals surface area contributed by atoms with Crippen molar-refractivity contribution in [1.82, 2.24) is 0 Å². The summed E-state index contributed by atoms with van der Waals surface area (Å²) in [6.45, 7) is 0.130. The van der Waals surface area contributed by atoms with Crippen molar-refractivity contribution in [2.75, 3.05) is 13.2 Å². The van der Waals surface area contributed by atoms with Crippen LogP contribution >= 0.6 is 0 Å². The first-order valence-corrected chi connectivity index (χ1v) is 6.02. The van der Waals surface area contributed by atoms with Crippen LogP contribution in [0.3, 0.4) is 0 Å². The van der Waals surface area contributed by atoms with Gasteiger partial charge in [0.1, 0.15) is 6.10 Å². The number of cyclic esters (lactones) is 1. The Morgan fingerprint density at radius 3 is 2.68 bits per heavy atom. The van der Waals surface area contributed by atoms with Crippen LogP contribution in [-0.4, -0.2) is 41.6 Å². The molecule has 0 saturated carbocycles. The molecule has 0 unspecified atom stereocenters. The number of carbonyl (C=O) groups excluding carboxylic acids is 1. The predicted octanol–water partition coefficient (Wildman–Crippen LogP) is 0.408. The second-order valence-electron chi connectivity index (χ2n) is 4.31. The molecule has 0 aliphatic carbocycles. The third-order valence-electron chi connectivity index (χ3n) is 2.83. The molecule has 0 amide bonds. The van der Waals surface area contributed by atoms with E-state index in [2.05, 4.69) is 0 Å². The normalized spacial score (nSPS) is 20.0. The first-order chi connectivity index (χ1) is 9.20. The van der Waals surface area contributed by atoms with Gasteiger partial charge >= 0.3 is 5.97 Å². The Hall–Kier alpha value is -1.69. The molecule has 0 aromatic heterocycles. The molecule has 2 atom stereocenters. The van der Waals surface area contributed by atoms with Crippen LogP contribution in [0.5, 0.6) is 0 Å². The first kappa shape index (κ1) is 13.7. The van der Waals surface area contributed by atoms with Gasteiger partial charge in [0.2, 0.25) is 0 Å². The monoisotopic (exact) mass is 264 g/mol. The summed E-state index contributed by atoms with van der Waals surface area (Å²) >= 11 is 0. The molecule has 1 aromatic rings. The van der Waals surface area contributed by atoms with Crippen molar-refractivity contribution in [3.05, 3.63) is 47.5 Å². The van der Waals surface area contributed by atoms with Crippen molar-refractivity contribution in [3.63, 3.8) is 0 Å². The highest BCUT2D eigenvalue weighted by molar-refractivity contribution is 5.86. The number of ether oxygens (including phenoxy) is 2. The number of benzene rings is 1. The number of rotatable bonds is 6. The zero-order valence-electron chi connectivity index (χ0n) is 10.4. The minimum atomic E-state index is -1.11. The lowest BCUT2D eigenvalue weighted by atomic mass is 10.1. The van der Waals surface area contributed by atoms with Crippen LogP contribution in [0.1, 0.15) is 5.56 Å². The fourth-order valence-electron chi connectivity index (χ4n) is 1.87. The molecule has 2 rings (SSSR count). The van der Waals surface area contributed by atoms with Crippen molar-refractivity contribution in [2.45, 2.75) is 18.8 Å². The molecule has 5 heteroatoms. The molecule has 5 nitrogen and oxygen atoms in total. The number of aliphatic hydroxyl groups excluding tert-OH is 2. The van der Waals surface area contributed by atoms with E-state index in [4.69, 9.17) is 14.6 Å². The molecule has 0 radical (unpaired) electrons. The number of carbonyl (C=O) groups is 1. The fourth-order valence-corrected chi connectivity index (χ4v) is 1.87. The van der Waals surface area contributed by atoms with Crippen molar-refractivity contribution >= 4 is 5.97 Å². The standard InChI is InChI=1S/C14H16O5/c15-7-12(16)14-11(6-13(17)19-14)9-18-8-10-4-2-1-3-5-10/h1-6,12,14-16H,7-9H2/t12-,14-/m1/s1. The molecule has 2 N–H and O–H groups in total. The second-order valence-corrected chi connectivity index (χ2v) is 4.31. The molecule has 0 fully saturated rings. The van der Waals surface area contributed by atoms with E-state index in [1.165, 1.54) is 6.08 Å². The topological polar surface area (TPSA) is 76.0 Å².